The second-order valence-corrected chi connectivity index (χ2v) is 11.4. The third-order valence-corrected chi connectivity index (χ3v) is 8.94. The minimum absolute atomic E-state index is 0.147. The van der Waals surface area contributed by atoms with Crippen molar-refractivity contribution >= 4 is 53.9 Å². The molecule has 0 aliphatic carbocycles. The van der Waals surface area contributed by atoms with Crippen molar-refractivity contribution in [3.05, 3.63) is 58.1 Å². The van der Waals surface area contributed by atoms with Crippen molar-refractivity contribution in [1.82, 2.24) is 0 Å². The normalized spacial score (nSPS) is 12.6. The van der Waals surface area contributed by atoms with Crippen LogP contribution in [0.2, 0.25) is 0 Å². The Morgan fingerprint density at radius 2 is 0.475 bits per heavy atom. The lowest BCUT2D eigenvalue weighted by atomic mass is 9.88. The molecule has 6 aromatic rings. The largest absolute Gasteiger partial charge is 0.396 e. The fourth-order valence-electron chi connectivity index (χ4n) is 7.24. The van der Waals surface area contributed by atoms with E-state index in [9.17, 15) is 25.5 Å². The molecule has 5 nitrogen and oxygen atoms in total. The Labute approximate surface area is 234 Å². The Morgan fingerprint density at radius 3 is 0.625 bits per heavy atom. The summed E-state index contributed by atoms with van der Waals surface area (Å²) >= 11 is 0. The minimum atomic E-state index is 0.147. The lowest BCUT2D eigenvalue weighted by molar-refractivity contribution is 0.288. The molecule has 0 aliphatic rings. The van der Waals surface area contributed by atoms with E-state index in [1.54, 1.807) is 0 Å². The van der Waals surface area contributed by atoms with Crippen molar-refractivity contribution in [3.8, 4) is 0 Å². The molecule has 40 heavy (non-hydrogen) atoms. The van der Waals surface area contributed by atoms with E-state index in [1.807, 2.05) is 0 Å². The van der Waals surface area contributed by atoms with Gasteiger partial charge in [0.25, 0.3) is 0 Å². The first-order valence-electron chi connectivity index (χ1n) is 15.0. The van der Waals surface area contributed by atoms with Gasteiger partial charge in [0.05, 0.1) is 0 Å². The van der Waals surface area contributed by atoms with Gasteiger partial charge in [-0.25, -0.2) is 0 Å². The highest BCUT2D eigenvalue weighted by atomic mass is 16.3. The number of hydrogen-bond acceptors (Lipinski definition) is 5. The van der Waals surface area contributed by atoms with Gasteiger partial charge in [0.15, 0.2) is 0 Å². The van der Waals surface area contributed by atoms with E-state index in [2.05, 4.69) is 30.3 Å². The molecule has 0 unspecified atom stereocenters. The molecule has 0 saturated carbocycles. The van der Waals surface area contributed by atoms with Crippen molar-refractivity contribution in [2.75, 3.05) is 33.0 Å². The molecule has 5 heteroatoms. The van der Waals surface area contributed by atoms with Crippen molar-refractivity contribution in [2.24, 2.45) is 0 Å². The second-order valence-electron chi connectivity index (χ2n) is 11.4. The summed E-state index contributed by atoms with van der Waals surface area (Å²) in [5.41, 5.74) is 6.25. The van der Waals surface area contributed by atoms with Crippen molar-refractivity contribution in [1.29, 1.82) is 0 Å². The zero-order valence-corrected chi connectivity index (χ0v) is 23.2. The van der Waals surface area contributed by atoms with E-state index >= 15 is 0 Å². The topological polar surface area (TPSA) is 101 Å². The number of rotatable bonds is 15. The van der Waals surface area contributed by atoms with Gasteiger partial charge in [0.2, 0.25) is 0 Å². The van der Waals surface area contributed by atoms with Gasteiger partial charge < -0.3 is 25.5 Å². The maximum Gasteiger partial charge on any atom is 0.0434 e. The smallest absolute Gasteiger partial charge is 0.0434 e. The lowest BCUT2D eigenvalue weighted by Gasteiger charge is -2.16. The van der Waals surface area contributed by atoms with Crippen LogP contribution in [0.4, 0.5) is 0 Å². The highest BCUT2D eigenvalue weighted by Crippen LogP contribution is 2.52. The highest BCUT2D eigenvalue weighted by molar-refractivity contribution is 6.45. The molecule has 0 amide bonds. The summed E-state index contributed by atoms with van der Waals surface area (Å²) in [5.74, 6) is 0. The van der Waals surface area contributed by atoms with E-state index in [0.717, 1.165) is 32.1 Å². The SMILES string of the molecule is OCCCc1cc2c(CCCO)cc3c(CCCO)cc4c(CCCO)cc5c(CCCO)cc1c1c5c4c3c21. The summed E-state index contributed by atoms with van der Waals surface area (Å²) in [7, 11) is 0. The van der Waals surface area contributed by atoms with Gasteiger partial charge in [-0.1, -0.05) is 30.3 Å². The van der Waals surface area contributed by atoms with Crippen LogP contribution < -0.4 is 0 Å². The molecule has 6 rings (SSSR count). The fourth-order valence-corrected chi connectivity index (χ4v) is 7.24. The molecule has 0 heterocycles. The summed E-state index contributed by atoms with van der Waals surface area (Å²) in [6.07, 6.45) is 7.47. The molecule has 0 bridgehead atoms. The monoisotopic (exact) mass is 540 g/mol. The predicted molar refractivity (Wildman–Crippen MR) is 165 cm³/mol. The van der Waals surface area contributed by atoms with E-state index in [4.69, 9.17) is 0 Å². The first kappa shape index (κ1) is 27.4. The highest BCUT2D eigenvalue weighted by Gasteiger charge is 2.27. The Balaban J connectivity index is 1.82. The summed E-state index contributed by atoms with van der Waals surface area (Å²) < 4.78 is 0. The third-order valence-electron chi connectivity index (χ3n) is 8.94. The third kappa shape index (κ3) is 4.36. The van der Waals surface area contributed by atoms with Gasteiger partial charge in [-0.2, -0.15) is 0 Å². The summed E-state index contributed by atoms with van der Waals surface area (Å²) in [4.78, 5) is 0. The van der Waals surface area contributed by atoms with E-state index < -0.39 is 0 Å². The Kier molecular flexibility index (Phi) is 7.93. The van der Waals surface area contributed by atoms with Crippen molar-refractivity contribution in [3.63, 3.8) is 0 Å². The molecule has 0 fully saturated rings. The van der Waals surface area contributed by atoms with Gasteiger partial charge in [-0.3, -0.25) is 0 Å². The molecule has 6 aromatic carbocycles. The van der Waals surface area contributed by atoms with Crippen LogP contribution in [-0.2, 0) is 32.1 Å². The first-order valence-corrected chi connectivity index (χ1v) is 15.0. The number of aryl methyl sites for hydroxylation is 5. The molecule has 0 radical (unpaired) electrons. The maximum atomic E-state index is 9.72. The lowest BCUT2D eigenvalue weighted by Crippen LogP contribution is -1.98. The number of hydrogen-bond donors (Lipinski definition) is 5. The summed E-state index contributed by atoms with van der Waals surface area (Å²) in [5, 5.41) is 61.4. The van der Waals surface area contributed by atoms with Crippen LogP contribution >= 0.6 is 0 Å². The standard InChI is InChI=1S/C35H40O5/c36-11-1-6-21-16-27-23(8-3-13-38)18-29-25(10-5-15-40)20-30-24(9-4-14-39)19-28-22(7-2-12-37)17-26(21)31-32(27)34(29)35(30)33(28)31/h16-20,36-40H,1-15H2. The van der Waals surface area contributed by atoms with E-state index in [1.165, 1.54) is 81.7 Å². The second kappa shape index (κ2) is 11.6. The van der Waals surface area contributed by atoms with Crippen molar-refractivity contribution < 1.29 is 25.5 Å². The molecular formula is C35H40O5. The van der Waals surface area contributed by atoms with Gasteiger partial charge in [-0.15, -0.1) is 0 Å². The first-order chi connectivity index (χ1) is 19.7. The van der Waals surface area contributed by atoms with Crippen LogP contribution in [0, 0.1) is 0 Å². The van der Waals surface area contributed by atoms with E-state index in [-0.39, 0.29) is 33.0 Å². The summed E-state index contributed by atoms with van der Waals surface area (Å²) in [6.45, 7) is 0.733. The van der Waals surface area contributed by atoms with Gasteiger partial charge in [-0.05, 0) is 146 Å². The molecule has 0 aliphatic heterocycles. The Bertz CT molecular complexity index is 1410. The predicted octanol–water partition coefficient (Wildman–Crippen LogP) is 5.39. The summed E-state index contributed by atoms with van der Waals surface area (Å²) in [6, 6.07) is 11.7. The van der Waals surface area contributed by atoms with Crippen LogP contribution in [0.5, 0.6) is 0 Å². The average Bonchev–Trinajstić information content (AvgIpc) is 3.34. The van der Waals surface area contributed by atoms with Crippen LogP contribution in [0.3, 0.4) is 0 Å². The fraction of sp³-hybridized carbons (Fsp3) is 0.429. The molecule has 210 valence electrons. The molecule has 5 N–H and O–H groups in total. The molecule has 0 atom stereocenters. The Hall–Kier alpha value is -2.80. The van der Waals surface area contributed by atoms with Crippen molar-refractivity contribution in [2.45, 2.75) is 64.2 Å². The van der Waals surface area contributed by atoms with Gasteiger partial charge in [0, 0.05) is 33.0 Å². The van der Waals surface area contributed by atoms with E-state index in [0.29, 0.717) is 32.1 Å². The maximum absolute atomic E-state index is 9.72. The van der Waals surface area contributed by atoms with Gasteiger partial charge in [0.1, 0.15) is 0 Å². The average molecular weight is 541 g/mol. The molecule has 0 aromatic heterocycles. The van der Waals surface area contributed by atoms with Crippen LogP contribution in [-0.4, -0.2) is 58.6 Å². The van der Waals surface area contributed by atoms with Crippen LogP contribution in [0.25, 0.3) is 53.9 Å². The number of aliphatic hydroxyl groups is 5. The molecule has 0 saturated heterocycles. The van der Waals surface area contributed by atoms with Gasteiger partial charge >= 0.3 is 0 Å². The zero-order chi connectivity index (χ0) is 27.8. The molecule has 0 spiro atoms. The van der Waals surface area contributed by atoms with Crippen LogP contribution in [0.15, 0.2) is 30.3 Å². The number of aliphatic hydroxyl groups excluding tert-OH is 5. The minimum Gasteiger partial charge on any atom is -0.396 e. The quantitative estimate of drug-likeness (QED) is 0.112. The molecular weight excluding hydrogens is 500 g/mol. The zero-order valence-electron chi connectivity index (χ0n) is 23.2. The van der Waals surface area contributed by atoms with Crippen LogP contribution in [0.1, 0.15) is 59.9 Å². The number of benzene rings is 5. The Morgan fingerprint density at radius 1 is 0.300 bits per heavy atom.